The highest BCUT2D eigenvalue weighted by molar-refractivity contribution is 5.84. The van der Waals surface area contributed by atoms with Crippen molar-refractivity contribution >= 4 is 16.7 Å². The zero-order valence-corrected chi connectivity index (χ0v) is 19.3. The molecule has 0 amide bonds. The van der Waals surface area contributed by atoms with E-state index in [0.717, 1.165) is 33.4 Å². The van der Waals surface area contributed by atoms with Crippen LogP contribution in [0.4, 0.5) is 10.2 Å². The first-order valence-electron chi connectivity index (χ1n) is 11.1. The Morgan fingerprint density at radius 2 is 1.71 bits per heavy atom. The maximum atomic E-state index is 15.2. The summed E-state index contributed by atoms with van der Waals surface area (Å²) in [6, 6.07) is 17.2. The van der Waals surface area contributed by atoms with Crippen LogP contribution in [0, 0.1) is 12.7 Å². The Labute approximate surface area is 198 Å². The van der Waals surface area contributed by atoms with Gasteiger partial charge in [0.25, 0.3) is 0 Å². The highest BCUT2D eigenvalue weighted by Gasteiger charge is 2.13. The zero-order chi connectivity index (χ0) is 23.9. The third-order valence-electron chi connectivity index (χ3n) is 5.14. The molecule has 0 saturated carbocycles. The van der Waals surface area contributed by atoms with E-state index in [1.807, 2.05) is 75.4 Å². The molecule has 34 heavy (non-hydrogen) atoms. The minimum Gasteiger partial charge on any atom is -0.363 e. The van der Waals surface area contributed by atoms with Gasteiger partial charge in [0.1, 0.15) is 12.0 Å². The molecular weight excluding hydrogens is 427 g/mol. The molecule has 0 spiro atoms. The highest BCUT2D eigenvalue weighted by atomic mass is 19.1. The summed E-state index contributed by atoms with van der Waals surface area (Å²) in [5.74, 6) is -0.345. The molecule has 5 aromatic rings. The monoisotopic (exact) mass is 452 g/mol. The van der Waals surface area contributed by atoms with Crippen molar-refractivity contribution in [2.45, 2.75) is 27.3 Å². The lowest BCUT2D eigenvalue weighted by Gasteiger charge is -2.10. The van der Waals surface area contributed by atoms with Crippen LogP contribution in [0.5, 0.6) is 0 Å². The number of halogens is 1. The Kier molecular flexibility index (Phi) is 7.13. The van der Waals surface area contributed by atoms with Crippen LogP contribution < -0.4 is 5.32 Å². The molecule has 0 unspecified atom stereocenters. The molecule has 0 aliphatic heterocycles. The van der Waals surface area contributed by atoms with E-state index in [2.05, 4.69) is 30.2 Å². The van der Waals surface area contributed by atoms with Gasteiger partial charge in [0.15, 0.2) is 11.6 Å². The van der Waals surface area contributed by atoms with Crippen LogP contribution in [0.1, 0.15) is 25.1 Å². The summed E-state index contributed by atoms with van der Waals surface area (Å²) in [5.41, 5.74) is 5.49. The molecule has 7 heteroatoms. The molecule has 1 N–H and O–H groups in total. The van der Waals surface area contributed by atoms with Crippen LogP contribution in [0.25, 0.3) is 33.4 Å². The van der Waals surface area contributed by atoms with Crippen LogP contribution in [0.2, 0.25) is 0 Å². The van der Waals surface area contributed by atoms with Gasteiger partial charge in [0.05, 0.1) is 11.2 Å². The fraction of sp³-hybridized carbons (Fsp3) is 0.148. The number of benzene rings is 1. The first-order chi connectivity index (χ1) is 16.7. The van der Waals surface area contributed by atoms with Crippen LogP contribution in [0.15, 0.2) is 79.5 Å². The largest absolute Gasteiger partial charge is 0.363 e. The number of hydrogen-bond acceptors (Lipinski definition) is 6. The van der Waals surface area contributed by atoms with Gasteiger partial charge in [0.2, 0.25) is 0 Å². The topological polar surface area (TPSA) is 76.5 Å². The van der Waals surface area contributed by atoms with E-state index in [1.54, 1.807) is 18.6 Å². The van der Waals surface area contributed by atoms with E-state index in [4.69, 9.17) is 0 Å². The lowest BCUT2D eigenvalue weighted by Crippen LogP contribution is -2.06. The number of aromatic nitrogens is 5. The third kappa shape index (κ3) is 5.04. The average molecular weight is 453 g/mol. The number of anilines is 1. The minimum atomic E-state index is -0.493. The average Bonchev–Trinajstić information content (AvgIpc) is 2.89. The standard InChI is InChI=1S/C25H19FN6.C2H6/c1-16-11-19(8-10-27-16)22-6-4-17(13-29-22)14-30-25-23(26)24(31-15-32-25)20-5-7-21-18(12-20)3-2-9-28-21;1-2/h2-13,15H,14H2,1H3,(H,30,31,32);1-2H3. The lowest BCUT2D eigenvalue weighted by molar-refractivity contribution is 0.621. The molecule has 0 bridgehead atoms. The number of nitrogens with zero attached hydrogens (tertiary/aromatic N) is 5. The van der Waals surface area contributed by atoms with Gasteiger partial charge in [-0.3, -0.25) is 15.0 Å². The molecule has 6 nitrogen and oxygen atoms in total. The second-order valence-corrected chi connectivity index (χ2v) is 7.39. The highest BCUT2D eigenvalue weighted by Crippen LogP contribution is 2.27. The number of pyridine rings is 3. The van der Waals surface area contributed by atoms with E-state index in [1.165, 1.54) is 6.33 Å². The molecule has 4 heterocycles. The van der Waals surface area contributed by atoms with Gasteiger partial charge in [0, 0.05) is 47.3 Å². The quantitative estimate of drug-likeness (QED) is 0.340. The van der Waals surface area contributed by atoms with E-state index in [9.17, 15) is 0 Å². The molecule has 0 saturated heterocycles. The maximum Gasteiger partial charge on any atom is 0.191 e. The predicted molar refractivity (Wildman–Crippen MR) is 134 cm³/mol. The van der Waals surface area contributed by atoms with Crippen LogP contribution in [-0.4, -0.2) is 24.9 Å². The smallest absolute Gasteiger partial charge is 0.191 e. The van der Waals surface area contributed by atoms with Crippen molar-refractivity contribution in [1.29, 1.82) is 0 Å². The minimum absolute atomic E-state index is 0.148. The number of rotatable bonds is 5. The third-order valence-corrected chi connectivity index (χ3v) is 5.14. The molecular formula is C27H25FN6. The number of aryl methyl sites for hydroxylation is 1. The maximum absolute atomic E-state index is 15.2. The van der Waals surface area contributed by atoms with E-state index in [-0.39, 0.29) is 11.5 Å². The van der Waals surface area contributed by atoms with E-state index in [0.29, 0.717) is 12.1 Å². The zero-order valence-electron chi connectivity index (χ0n) is 19.3. The molecule has 0 atom stereocenters. The normalized spacial score (nSPS) is 10.5. The van der Waals surface area contributed by atoms with Crippen LogP contribution in [0.3, 0.4) is 0 Å². The molecule has 0 radical (unpaired) electrons. The fourth-order valence-electron chi connectivity index (χ4n) is 3.51. The van der Waals surface area contributed by atoms with Crippen LogP contribution in [-0.2, 0) is 6.54 Å². The Morgan fingerprint density at radius 3 is 2.50 bits per heavy atom. The van der Waals surface area contributed by atoms with Gasteiger partial charge in [-0.05, 0) is 48.9 Å². The molecule has 170 valence electrons. The summed E-state index contributed by atoms with van der Waals surface area (Å²) in [5, 5.41) is 3.98. The SMILES string of the molecule is CC.Cc1cc(-c2ccc(CNc3ncnc(-c4ccc5ncccc5c4)c3F)cn2)ccn1. The Morgan fingerprint density at radius 1 is 0.824 bits per heavy atom. The van der Waals surface area contributed by atoms with Gasteiger partial charge in [-0.15, -0.1) is 0 Å². The van der Waals surface area contributed by atoms with Crippen molar-refractivity contribution in [3.05, 3.63) is 96.6 Å². The van der Waals surface area contributed by atoms with Crippen molar-refractivity contribution in [3.63, 3.8) is 0 Å². The van der Waals surface area contributed by atoms with Gasteiger partial charge in [-0.25, -0.2) is 14.4 Å². The summed E-state index contributed by atoms with van der Waals surface area (Å²) >= 11 is 0. The van der Waals surface area contributed by atoms with Gasteiger partial charge < -0.3 is 5.32 Å². The Hall–Kier alpha value is -4.26. The molecule has 0 fully saturated rings. The second-order valence-electron chi connectivity index (χ2n) is 7.39. The summed E-state index contributed by atoms with van der Waals surface area (Å²) in [7, 11) is 0. The molecule has 0 aliphatic carbocycles. The molecule has 1 aromatic carbocycles. The fourth-order valence-corrected chi connectivity index (χ4v) is 3.51. The molecule has 0 aliphatic rings. The van der Waals surface area contributed by atoms with Crippen molar-refractivity contribution in [2.75, 3.05) is 5.32 Å². The van der Waals surface area contributed by atoms with Crippen molar-refractivity contribution in [3.8, 4) is 22.5 Å². The van der Waals surface area contributed by atoms with Crippen molar-refractivity contribution in [2.24, 2.45) is 0 Å². The Bertz CT molecular complexity index is 1400. The predicted octanol–water partition coefficient (Wildman–Crippen LogP) is 6.23. The van der Waals surface area contributed by atoms with E-state index < -0.39 is 5.82 Å². The summed E-state index contributed by atoms with van der Waals surface area (Å²) < 4.78 is 15.2. The second kappa shape index (κ2) is 10.6. The first kappa shape index (κ1) is 22.9. The summed E-state index contributed by atoms with van der Waals surface area (Å²) in [4.78, 5) is 21.3. The van der Waals surface area contributed by atoms with Crippen molar-refractivity contribution < 1.29 is 4.39 Å². The van der Waals surface area contributed by atoms with Gasteiger partial charge in [-0.2, -0.15) is 0 Å². The lowest BCUT2D eigenvalue weighted by atomic mass is 10.1. The number of hydrogen-bond donors (Lipinski definition) is 1. The molecule has 4 aromatic heterocycles. The number of nitrogens with one attached hydrogen (secondary N) is 1. The van der Waals surface area contributed by atoms with E-state index >= 15 is 4.39 Å². The first-order valence-corrected chi connectivity index (χ1v) is 11.1. The summed E-state index contributed by atoms with van der Waals surface area (Å²) in [6.07, 6.45) is 6.63. The van der Waals surface area contributed by atoms with Crippen molar-refractivity contribution in [1.82, 2.24) is 24.9 Å². The van der Waals surface area contributed by atoms with Gasteiger partial charge in [-0.1, -0.05) is 32.0 Å². The molecule has 5 rings (SSSR count). The summed E-state index contributed by atoms with van der Waals surface area (Å²) in [6.45, 7) is 6.33. The van der Waals surface area contributed by atoms with Crippen LogP contribution >= 0.6 is 0 Å². The van der Waals surface area contributed by atoms with Gasteiger partial charge >= 0.3 is 0 Å². The Balaban J connectivity index is 0.00000133. The number of fused-ring (bicyclic) bond motifs is 1.